The summed E-state index contributed by atoms with van der Waals surface area (Å²) in [6, 6.07) is 5.27. The predicted octanol–water partition coefficient (Wildman–Crippen LogP) is 3.16. The number of nitrogens with zero attached hydrogens (tertiary/aromatic N) is 2. The molecular formula is C11H7F3N2. The molecule has 0 fully saturated rings. The molecule has 0 aliphatic rings. The van der Waals surface area contributed by atoms with Crippen molar-refractivity contribution in [1.82, 2.24) is 9.97 Å². The second-order valence-electron chi connectivity index (χ2n) is 3.17. The van der Waals surface area contributed by atoms with Crippen molar-refractivity contribution >= 4 is 0 Å². The normalized spacial score (nSPS) is 11.4. The lowest BCUT2D eigenvalue weighted by Gasteiger charge is -2.07. The summed E-state index contributed by atoms with van der Waals surface area (Å²) in [6.45, 7) is 0. The summed E-state index contributed by atoms with van der Waals surface area (Å²) in [5.41, 5.74) is 0.123. The Hall–Kier alpha value is -1.91. The molecule has 2 aromatic rings. The van der Waals surface area contributed by atoms with Crippen molar-refractivity contribution in [3.8, 4) is 11.3 Å². The first-order valence-electron chi connectivity index (χ1n) is 4.51. The number of hydrogen-bond donors (Lipinski definition) is 0. The van der Waals surface area contributed by atoms with E-state index in [9.17, 15) is 13.2 Å². The largest absolute Gasteiger partial charge is 0.416 e. The number of aromatic nitrogens is 2. The molecule has 0 unspecified atom stereocenters. The van der Waals surface area contributed by atoms with Gasteiger partial charge >= 0.3 is 6.18 Å². The van der Waals surface area contributed by atoms with Gasteiger partial charge < -0.3 is 0 Å². The van der Waals surface area contributed by atoms with E-state index in [1.165, 1.54) is 6.20 Å². The first-order valence-corrected chi connectivity index (χ1v) is 4.51. The Kier molecular flexibility index (Phi) is 2.60. The summed E-state index contributed by atoms with van der Waals surface area (Å²) in [4.78, 5) is 7.71. The Balaban J connectivity index is 2.45. The monoisotopic (exact) mass is 224 g/mol. The van der Waals surface area contributed by atoms with E-state index in [2.05, 4.69) is 9.97 Å². The fourth-order valence-corrected chi connectivity index (χ4v) is 1.28. The third-order valence-corrected chi connectivity index (χ3v) is 2.04. The van der Waals surface area contributed by atoms with Gasteiger partial charge in [0.15, 0.2) is 0 Å². The van der Waals surface area contributed by atoms with E-state index < -0.39 is 11.7 Å². The highest BCUT2D eigenvalue weighted by atomic mass is 19.4. The summed E-state index contributed by atoms with van der Waals surface area (Å²) >= 11 is 0. The summed E-state index contributed by atoms with van der Waals surface area (Å²) in [7, 11) is 0. The van der Waals surface area contributed by atoms with Gasteiger partial charge in [-0.1, -0.05) is 0 Å². The van der Waals surface area contributed by atoms with Crippen molar-refractivity contribution < 1.29 is 13.2 Å². The van der Waals surface area contributed by atoms with Crippen LogP contribution in [0.25, 0.3) is 11.3 Å². The summed E-state index contributed by atoms with van der Waals surface area (Å²) in [5.74, 6) is 0. The molecule has 16 heavy (non-hydrogen) atoms. The molecule has 0 aliphatic heterocycles. The molecule has 0 amide bonds. The van der Waals surface area contributed by atoms with Gasteiger partial charge in [0.1, 0.15) is 0 Å². The minimum Gasteiger partial charge on any atom is -0.264 e. The summed E-state index contributed by atoms with van der Waals surface area (Å²) < 4.78 is 37.3. The molecule has 0 aliphatic carbocycles. The van der Waals surface area contributed by atoms with Crippen LogP contribution in [0, 0.1) is 0 Å². The third-order valence-electron chi connectivity index (χ3n) is 2.04. The topological polar surface area (TPSA) is 25.8 Å². The van der Waals surface area contributed by atoms with Crippen molar-refractivity contribution in [3.05, 3.63) is 48.4 Å². The third kappa shape index (κ3) is 2.18. The lowest BCUT2D eigenvalue weighted by atomic mass is 10.1. The average Bonchev–Trinajstić information content (AvgIpc) is 2.29. The molecule has 0 spiro atoms. The van der Waals surface area contributed by atoms with Gasteiger partial charge in [-0.15, -0.1) is 0 Å². The highest BCUT2D eigenvalue weighted by Gasteiger charge is 2.30. The highest BCUT2D eigenvalue weighted by Crippen LogP contribution is 2.30. The SMILES string of the molecule is FC(F)(F)c1ccnc(-c2cccnc2)c1. The van der Waals surface area contributed by atoms with E-state index in [1.54, 1.807) is 18.3 Å². The maximum Gasteiger partial charge on any atom is 0.416 e. The number of hydrogen-bond acceptors (Lipinski definition) is 2. The molecule has 0 atom stereocenters. The molecule has 2 rings (SSSR count). The Morgan fingerprint density at radius 3 is 2.50 bits per heavy atom. The maximum atomic E-state index is 12.4. The van der Waals surface area contributed by atoms with Crippen molar-refractivity contribution in [2.75, 3.05) is 0 Å². The number of alkyl halides is 3. The Bertz CT molecular complexity index is 480. The van der Waals surface area contributed by atoms with E-state index in [0.29, 0.717) is 5.56 Å². The number of rotatable bonds is 1. The lowest BCUT2D eigenvalue weighted by Crippen LogP contribution is -2.05. The Labute approximate surface area is 89.8 Å². The van der Waals surface area contributed by atoms with Gasteiger partial charge in [0, 0.05) is 24.2 Å². The minimum absolute atomic E-state index is 0.267. The molecule has 2 nitrogen and oxygen atoms in total. The van der Waals surface area contributed by atoms with Crippen LogP contribution >= 0.6 is 0 Å². The van der Waals surface area contributed by atoms with Crippen LogP contribution in [0.1, 0.15) is 5.56 Å². The minimum atomic E-state index is -4.35. The molecule has 0 saturated heterocycles. The van der Waals surface area contributed by atoms with E-state index in [1.807, 2.05) is 0 Å². The van der Waals surface area contributed by atoms with Crippen molar-refractivity contribution in [1.29, 1.82) is 0 Å². The smallest absolute Gasteiger partial charge is 0.264 e. The van der Waals surface area contributed by atoms with Crippen molar-refractivity contribution in [2.24, 2.45) is 0 Å². The average molecular weight is 224 g/mol. The Morgan fingerprint density at radius 2 is 1.88 bits per heavy atom. The first-order chi connectivity index (χ1) is 7.57. The fraction of sp³-hybridized carbons (Fsp3) is 0.0909. The maximum absolute atomic E-state index is 12.4. The molecule has 0 bridgehead atoms. The zero-order chi connectivity index (χ0) is 11.6. The molecule has 0 aromatic carbocycles. The molecule has 0 radical (unpaired) electrons. The van der Waals surface area contributed by atoms with E-state index >= 15 is 0 Å². The zero-order valence-corrected chi connectivity index (χ0v) is 8.07. The summed E-state index contributed by atoms with van der Waals surface area (Å²) in [5, 5.41) is 0. The van der Waals surface area contributed by atoms with Gasteiger partial charge in [-0.3, -0.25) is 9.97 Å². The van der Waals surface area contributed by atoms with Gasteiger partial charge in [0.2, 0.25) is 0 Å². The number of pyridine rings is 2. The number of halogens is 3. The van der Waals surface area contributed by atoms with Gasteiger partial charge in [-0.05, 0) is 24.3 Å². The van der Waals surface area contributed by atoms with Crippen molar-refractivity contribution in [2.45, 2.75) is 6.18 Å². The van der Waals surface area contributed by atoms with Crippen LogP contribution in [-0.4, -0.2) is 9.97 Å². The van der Waals surface area contributed by atoms with Crippen LogP contribution in [0.2, 0.25) is 0 Å². The summed E-state index contributed by atoms with van der Waals surface area (Å²) in [6.07, 6.45) is -0.176. The van der Waals surface area contributed by atoms with Gasteiger partial charge in [0.25, 0.3) is 0 Å². The molecule has 0 N–H and O–H groups in total. The molecule has 5 heteroatoms. The first kappa shape index (κ1) is 10.6. The van der Waals surface area contributed by atoms with Gasteiger partial charge in [-0.2, -0.15) is 13.2 Å². The highest BCUT2D eigenvalue weighted by molar-refractivity contribution is 5.58. The van der Waals surface area contributed by atoms with Gasteiger partial charge in [-0.25, -0.2) is 0 Å². The predicted molar refractivity (Wildman–Crippen MR) is 52.5 cm³/mol. The second kappa shape index (κ2) is 3.92. The van der Waals surface area contributed by atoms with Crippen molar-refractivity contribution in [3.63, 3.8) is 0 Å². The van der Waals surface area contributed by atoms with Crippen LogP contribution in [0.4, 0.5) is 13.2 Å². The molecule has 0 saturated carbocycles. The standard InChI is InChI=1S/C11H7F3N2/c12-11(13,14)9-3-5-16-10(6-9)8-2-1-4-15-7-8/h1-7H. The van der Waals surface area contributed by atoms with Crippen LogP contribution < -0.4 is 0 Å². The second-order valence-corrected chi connectivity index (χ2v) is 3.17. The molecular weight excluding hydrogens is 217 g/mol. The van der Waals surface area contributed by atoms with E-state index in [0.717, 1.165) is 18.3 Å². The van der Waals surface area contributed by atoms with Gasteiger partial charge in [0.05, 0.1) is 11.3 Å². The Morgan fingerprint density at radius 1 is 1.06 bits per heavy atom. The van der Waals surface area contributed by atoms with E-state index in [4.69, 9.17) is 0 Å². The van der Waals surface area contributed by atoms with Crippen LogP contribution in [0.5, 0.6) is 0 Å². The molecule has 2 heterocycles. The zero-order valence-electron chi connectivity index (χ0n) is 8.07. The quantitative estimate of drug-likeness (QED) is 0.743. The molecule has 2 aromatic heterocycles. The van der Waals surface area contributed by atoms with Crippen LogP contribution in [-0.2, 0) is 6.18 Å². The van der Waals surface area contributed by atoms with Crippen LogP contribution in [0.3, 0.4) is 0 Å². The van der Waals surface area contributed by atoms with Crippen LogP contribution in [0.15, 0.2) is 42.9 Å². The fourth-order valence-electron chi connectivity index (χ4n) is 1.28. The van der Waals surface area contributed by atoms with E-state index in [-0.39, 0.29) is 5.69 Å². The lowest BCUT2D eigenvalue weighted by molar-refractivity contribution is -0.137. The molecule has 82 valence electrons.